The van der Waals surface area contributed by atoms with Crippen molar-refractivity contribution in [2.24, 2.45) is 0 Å². The third kappa shape index (κ3) is 2.01. The number of oxazole rings is 1. The normalized spacial score (nSPS) is 10.6. The van der Waals surface area contributed by atoms with Crippen LogP contribution in [0.25, 0.3) is 22.1 Å². The molecular formula is C14H11NOS. The van der Waals surface area contributed by atoms with Gasteiger partial charge in [-0.3, -0.25) is 0 Å². The van der Waals surface area contributed by atoms with Gasteiger partial charge in [0.05, 0.1) is 11.1 Å². The Morgan fingerprint density at radius 3 is 2.59 bits per heavy atom. The highest BCUT2D eigenvalue weighted by atomic mass is 32.1. The van der Waals surface area contributed by atoms with E-state index in [-0.39, 0.29) is 0 Å². The van der Waals surface area contributed by atoms with Gasteiger partial charge in [-0.05, 0) is 31.2 Å². The lowest BCUT2D eigenvalue weighted by molar-refractivity contribution is 0.590. The maximum Gasteiger partial charge on any atom is 0.226 e. The van der Waals surface area contributed by atoms with Gasteiger partial charge in [-0.1, -0.05) is 18.2 Å². The van der Waals surface area contributed by atoms with E-state index in [1.807, 2.05) is 30.3 Å². The number of aromatic nitrogens is 1. The summed E-state index contributed by atoms with van der Waals surface area (Å²) in [5.41, 5.74) is 1.01. The number of benzene rings is 1. The predicted molar refractivity (Wildman–Crippen MR) is 70.0 cm³/mol. The second-order valence-electron chi connectivity index (χ2n) is 3.81. The smallest absolute Gasteiger partial charge is 0.226 e. The van der Waals surface area contributed by atoms with Crippen molar-refractivity contribution >= 4 is 11.3 Å². The lowest BCUT2D eigenvalue weighted by atomic mass is 10.2. The number of nitrogens with zero attached hydrogens (tertiary/aromatic N) is 1. The largest absolute Gasteiger partial charge is 0.435 e. The van der Waals surface area contributed by atoms with E-state index >= 15 is 0 Å². The van der Waals surface area contributed by atoms with Gasteiger partial charge < -0.3 is 4.42 Å². The van der Waals surface area contributed by atoms with E-state index in [0.717, 1.165) is 16.2 Å². The van der Waals surface area contributed by atoms with Gasteiger partial charge in [0.2, 0.25) is 5.89 Å². The molecule has 0 aliphatic rings. The lowest BCUT2D eigenvalue weighted by Crippen LogP contribution is -1.73. The molecule has 0 atom stereocenters. The molecule has 0 fully saturated rings. The minimum absolute atomic E-state index is 0.673. The molecular weight excluding hydrogens is 230 g/mol. The molecule has 0 unspecified atom stereocenters. The van der Waals surface area contributed by atoms with Crippen LogP contribution in [0.3, 0.4) is 0 Å². The van der Waals surface area contributed by atoms with Crippen molar-refractivity contribution in [3.05, 3.63) is 53.5 Å². The topological polar surface area (TPSA) is 26.0 Å². The van der Waals surface area contributed by atoms with Gasteiger partial charge in [0.25, 0.3) is 0 Å². The molecule has 3 heteroatoms. The minimum Gasteiger partial charge on any atom is -0.435 e. The van der Waals surface area contributed by atoms with E-state index in [2.05, 4.69) is 24.0 Å². The fourth-order valence-electron chi connectivity index (χ4n) is 1.67. The molecule has 0 amide bonds. The molecule has 2 nitrogen and oxygen atoms in total. The number of hydrogen-bond donors (Lipinski definition) is 0. The maximum absolute atomic E-state index is 5.77. The Kier molecular flexibility index (Phi) is 2.53. The van der Waals surface area contributed by atoms with Gasteiger partial charge in [0.1, 0.15) is 0 Å². The Labute approximate surface area is 104 Å². The summed E-state index contributed by atoms with van der Waals surface area (Å²) in [6, 6.07) is 14.1. The van der Waals surface area contributed by atoms with Gasteiger partial charge in [-0.2, -0.15) is 0 Å². The van der Waals surface area contributed by atoms with Crippen LogP contribution in [0, 0.1) is 6.92 Å². The Morgan fingerprint density at radius 2 is 1.88 bits per heavy atom. The highest BCUT2D eigenvalue weighted by Crippen LogP contribution is 2.30. The average molecular weight is 241 g/mol. The molecule has 0 saturated heterocycles. The zero-order valence-corrected chi connectivity index (χ0v) is 10.2. The molecule has 1 aromatic carbocycles. The number of thiophene rings is 1. The molecule has 0 bridgehead atoms. The summed E-state index contributed by atoms with van der Waals surface area (Å²) in [6.07, 6.45) is 1.79. The molecule has 2 heterocycles. The van der Waals surface area contributed by atoms with Crippen LogP contribution in [0.15, 0.2) is 53.1 Å². The monoisotopic (exact) mass is 241 g/mol. The fraction of sp³-hybridized carbons (Fsp3) is 0.0714. The molecule has 0 saturated carbocycles. The van der Waals surface area contributed by atoms with E-state index in [1.165, 1.54) is 4.88 Å². The summed E-state index contributed by atoms with van der Waals surface area (Å²) in [4.78, 5) is 6.71. The van der Waals surface area contributed by atoms with Crippen LogP contribution >= 0.6 is 11.3 Å². The van der Waals surface area contributed by atoms with Crippen molar-refractivity contribution < 1.29 is 4.42 Å². The third-order valence-electron chi connectivity index (χ3n) is 2.51. The van der Waals surface area contributed by atoms with Gasteiger partial charge in [0.15, 0.2) is 5.76 Å². The van der Waals surface area contributed by atoms with E-state index in [9.17, 15) is 0 Å². The summed E-state index contributed by atoms with van der Waals surface area (Å²) >= 11 is 1.72. The molecule has 84 valence electrons. The fourth-order valence-corrected chi connectivity index (χ4v) is 2.48. The molecule has 3 rings (SSSR count). The summed E-state index contributed by atoms with van der Waals surface area (Å²) < 4.78 is 5.77. The Hall–Kier alpha value is -1.87. The zero-order chi connectivity index (χ0) is 11.7. The first-order chi connectivity index (χ1) is 8.33. The van der Waals surface area contributed by atoms with Crippen molar-refractivity contribution in [1.82, 2.24) is 4.98 Å². The summed E-state index contributed by atoms with van der Waals surface area (Å²) in [5, 5.41) is 0. The van der Waals surface area contributed by atoms with Crippen LogP contribution in [0.5, 0.6) is 0 Å². The van der Waals surface area contributed by atoms with Crippen LogP contribution in [0.1, 0.15) is 4.88 Å². The van der Waals surface area contributed by atoms with Crippen molar-refractivity contribution in [3.8, 4) is 22.1 Å². The van der Waals surface area contributed by atoms with Crippen LogP contribution in [0.2, 0.25) is 0 Å². The average Bonchev–Trinajstić information content (AvgIpc) is 2.98. The highest BCUT2D eigenvalue weighted by molar-refractivity contribution is 7.15. The summed E-state index contributed by atoms with van der Waals surface area (Å²) in [6.45, 7) is 2.09. The first kappa shape index (κ1) is 10.3. The Bertz CT molecular complexity index is 624. The van der Waals surface area contributed by atoms with Gasteiger partial charge in [0, 0.05) is 10.4 Å². The second kappa shape index (κ2) is 4.18. The first-order valence-corrected chi connectivity index (χ1v) is 6.22. The first-order valence-electron chi connectivity index (χ1n) is 5.41. The minimum atomic E-state index is 0.673. The van der Waals surface area contributed by atoms with Crippen molar-refractivity contribution in [2.45, 2.75) is 6.92 Å². The molecule has 0 aliphatic heterocycles. The van der Waals surface area contributed by atoms with Crippen LogP contribution in [0.4, 0.5) is 0 Å². The standard InChI is InChI=1S/C14H11NOS/c1-10-7-8-13(17-10)12-9-15-14(16-12)11-5-3-2-4-6-11/h2-9H,1H3. The highest BCUT2D eigenvalue weighted by Gasteiger charge is 2.09. The van der Waals surface area contributed by atoms with Crippen molar-refractivity contribution in [3.63, 3.8) is 0 Å². The molecule has 0 radical (unpaired) electrons. The number of rotatable bonds is 2. The van der Waals surface area contributed by atoms with E-state index < -0.39 is 0 Å². The Morgan fingerprint density at radius 1 is 1.06 bits per heavy atom. The zero-order valence-electron chi connectivity index (χ0n) is 9.38. The quantitative estimate of drug-likeness (QED) is 0.665. The lowest BCUT2D eigenvalue weighted by Gasteiger charge is -1.93. The molecule has 3 aromatic rings. The molecule has 2 aromatic heterocycles. The summed E-state index contributed by atoms with van der Waals surface area (Å²) in [5.74, 6) is 1.51. The predicted octanol–water partition coefficient (Wildman–Crippen LogP) is 4.38. The molecule has 17 heavy (non-hydrogen) atoms. The van der Waals surface area contributed by atoms with Gasteiger partial charge in [-0.15, -0.1) is 11.3 Å². The van der Waals surface area contributed by atoms with E-state index in [4.69, 9.17) is 4.42 Å². The maximum atomic E-state index is 5.77. The van der Waals surface area contributed by atoms with Crippen molar-refractivity contribution in [1.29, 1.82) is 0 Å². The molecule has 0 spiro atoms. The SMILES string of the molecule is Cc1ccc(-c2cnc(-c3ccccc3)o2)s1. The number of aryl methyl sites for hydroxylation is 1. The van der Waals surface area contributed by atoms with E-state index in [1.54, 1.807) is 17.5 Å². The van der Waals surface area contributed by atoms with Crippen LogP contribution in [-0.4, -0.2) is 4.98 Å². The summed E-state index contributed by atoms with van der Waals surface area (Å²) in [7, 11) is 0. The Balaban J connectivity index is 1.99. The van der Waals surface area contributed by atoms with Gasteiger partial charge in [-0.25, -0.2) is 4.98 Å². The van der Waals surface area contributed by atoms with Crippen LogP contribution in [-0.2, 0) is 0 Å². The second-order valence-corrected chi connectivity index (χ2v) is 5.09. The third-order valence-corrected chi connectivity index (χ3v) is 3.52. The number of hydrogen-bond acceptors (Lipinski definition) is 3. The van der Waals surface area contributed by atoms with Crippen molar-refractivity contribution in [2.75, 3.05) is 0 Å². The van der Waals surface area contributed by atoms with E-state index in [0.29, 0.717) is 5.89 Å². The van der Waals surface area contributed by atoms with Gasteiger partial charge >= 0.3 is 0 Å². The molecule has 0 N–H and O–H groups in total. The van der Waals surface area contributed by atoms with Crippen LogP contribution < -0.4 is 0 Å². The molecule has 0 aliphatic carbocycles.